The molecule has 1 N–H and O–H groups in total. The van der Waals surface area contributed by atoms with Crippen molar-refractivity contribution in [1.29, 1.82) is 0 Å². The Hall–Kier alpha value is -0.830. The number of hydrogen-bond donors (Lipinski definition) is 1. The van der Waals surface area contributed by atoms with E-state index >= 15 is 0 Å². The van der Waals surface area contributed by atoms with Gasteiger partial charge in [-0.1, -0.05) is 6.08 Å². The van der Waals surface area contributed by atoms with E-state index in [0.717, 1.165) is 19.4 Å². The molecule has 3 nitrogen and oxygen atoms in total. The van der Waals surface area contributed by atoms with Crippen molar-refractivity contribution < 1.29 is 9.90 Å². The zero-order valence-corrected chi connectivity index (χ0v) is 8.07. The Morgan fingerprint density at radius 3 is 3.00 bits per heavy atom. The summed E-state index contributed by atoms with van der Waals surface area (Å²) in [6, 6.07) is 0.294. The summed E-state index contributed by atoms with van der Waals surface area (Å²) in [6.45, 7) is 7.44. The highest BCUT2D eigenvalue weighted by atomic mass is 16.4. The predicted octanol–water partition coefficient (Wildman–Crippen LogP) is 1.36. The van der Waals surface area contributed by atoms with Gasteiger partial charge in [0.1, 0.15) is 0 Å². The molecule has 13 heavy (non-hydrogen) atoms. The van der Waals surface area contributed by atoms with Crippen LogP contribution in [0.15, 0.2) is 12.7 Å². The number of rotatable bonds is 3. The van der Waals surface area contributed by atoms with Gasteiger partial charge in [-0.25, -0.2) is 0 Å². The molecule has 1 heterocycles. The lowest BCUT2D eigenvalue weighted by atomic mass is 9.97. The maximum atomic E-state index is 10.8. The van der Waals surface area contributed by atoms with Gasteiger partial charge >= 0.3 is 5.97 Å². The van der Waals surface area contributed by atoms with E-state index < -0.39 is 5.97 Å². The number of carboxylic acids is 1. The summed E-state index contributed by atoms with van der Waals surface area (Å²) in [5, 5.41) is 8.86. The standard InChI is InChI=1S/C10H17NO2/c1-3-8(2)11-6-4-5-9(7-11)10(12)13/h3,8-9H,1,4-7H2,2H3,(H,12,13). The van der Waals surface area contributed by atoms with Crippen molar-refractivity contribution in [3.05, 3.63) is 12.7 Å². The zero-order valence-electron chi connectivity index (χ0n) is 8.07. The van der Waals surface area contributed by atoms with Crippen molar-refractivity contribution in [2.24, 2.45) is 5.92 Å². The van der Waals surface area contributed by atoms with Crippen LogP contribution in [0.4, 0.5) is 0 Å². The number of carboxylic acid groups (broad SMARTS) is 1. The number of hydrogen-bond acceptors (Lipinski definition) is 2. The van der Waals surface area contributed by atoms with E-state index in [0.29, 0.717) is 12.6 Å². The Bertz CT molecular complexity index is 203. The van der Waals surface area contributed by atoms with Crippen LogP contribution < -0.4 is 0 Å². The zero-order chi connectivity index (χ0) is 9.84. The minimum Gasteiger partial charge on any atom is -0.481 e. The van der Waals surface area contributed by atoms with Crippen LogP contribution in [0.25, 0.3) is 0 Å². The first-order chi connectivity index (χ1) is 6.15. The Morgan fingerprint density at radius 2 is 2.46 bits per heavy atom. The third-order valence-electron chi connectivity index (χ3n) is 2.72. The molecule has 0 saturated carbocycles. The third kappa shape index (κ3) is 2.56. The van der Waals surface area contributed by atoms with Crippen LogP contribution >= 0.6 is 0 Å². The van der Waals surface area contributed by atoms with Gasteiger partial charge in [-0.3, -0.25) is 9.69 Å². The monoisotopic (exact) mass is 183 g/mol. The van der Waals surface area contributed by atoms with E-state index in [1.165, 1.54) is 0 Å². The van der Waals surface area contributed by atoms with Crippen molar-refractivity contribution >= 4 is 5.97 Å². The fraction of sp³-hybridized carbons (Fsp3) is 0.700. The van der Waals surface area contributed by atoms with Gasteiger partial charge in [-0.15, -0.1) is 6.58 Å². The average Bonchev–Trinajstić information content (AvgIpc) is 2.17. The van der Waals surface area contributed by atoms with Crippen LogP contribution in [0.5, 0.6) is 0 Å². The van der Waals surface area contributed by atoms with E-state index in [4.69, 9.17) is 5.11 Å². The van der Waals surface area contributed by atoms with Crippen LogP contribution in [0.1, 0.15) is 19.8 Å². The third-order valence-corrected chi connectivity index (χ3v) is 2.72. The normalized spacial score (nSPS) is 26.7. The fourth-order valence-electron chi connectivity index (χ4n) is 1.73. The molecule has 1 rings (SSSR count). The lowest BCUT2D eigenvalue weighted by Crippen LogP contribution is -2.42. The molecule has 0 aromatic heterocycles. The molecule has 2 unspecified atom stereocenters. The van der Waals surface area contributed by atoms with Gasteiger partial charge < -0.3 is 5.11 Å². The Balaban J connectivity index is 2.50. The minimum absolute atomic E-state index is 0.184. The molecular formula is C10H17NO2. The molecule has 3 heteroatoms. The van der Waals surface area contributed by atoms with Crippen LogP contribution in [-0.2, 0) is 4.79 Å². The summed E-state index contributed by atoms with van der Waals surface area (Å²) >= 11 is 0. The molecule has 1 aliphatic heterocycles. The van der Waals surface area contributed by atoms with Crippen molar-refractivity contribution in [3.8, 4) is 0 Å². The molecule has 0 amide bonds. The molecule has 0 aromatic carbocycles. The maximum Gasteiger partial charge on any atom is 0.307 e. The summed E-state index contributed by atoms with van der Waals surface area (Å²) in [5.74, 6) is -0.850. The van der Waals surface area contributed by atoms with E-state index in [1.54, 1.807) is 0 Å². The van der Waals surface area contributed by atoms with Gasteiger partial charge in [0.25, 0.3) is 0 Å². The lowest BCUT2D eigenvalue weighted by Gasteiger charge is -2.33. The topological polar surface area (TPSA) is 40.5 Å². The van der Waals surface area contributed by atoms with Gasteiger partial charge in [-0.05, 0) is 26.3 Å². The number of carbonyl (C=O) groups is 1. The second kappa shape index (κ2) is 4.42. The van der Waals surface area contributed by atoms with E-state index in [-0.39, 0.29) is 5.92 Å². The van der Waals surface area contributed by atoms with E-state index in [9.17, 15) is 4.79 Å². The largest absolute Gasteiger partial charge is 0.481 e. The molecule has 0 aliphatic carbocycles. The summed E-state index contributed by atoms with van der Waals surface area (Å²) in [7, 11) is 0. The number of nitrogens with zero attached hydrogens (tertiary/aromatic N) is 1. The molecular weight excluding hydrogens is 166 g/mol. The van der Waals surface area contributed by atoms with Crippen LogP contribution in [0, 0.1) is 5.92 Å². The quantitative estimate of drug-likeness (QED) is 0.671. The summed E-state index contributed by atoms with van der Waals surface area (Å²) in [6.07, 6.45) is 3.66. The van der Waals surface area contributed by atoms with Gasteiger partial charge in [0, 0.05) is 12.6 Å². The highest BCUT2D eigenvalue weighted by molar-refractivity contribution is 5.70. The van der Waals surface area contributed by atoms with Crippen molar-refractivity contribution in [1.82, 2.24) is 4.90 Å². The first-order valence-electron chi connectivity index (χ1n) is 4.74. The fourth-order valence-corrected chi connectivity index (χ4v) is 1.73. The maximum absolute atomic E-state index is 10.8. The molecule has 0 radical (unpaired) electrons. The number of piperidine rings is 1. The van der Waals surface area contributed by atoms with Crippen molar-refractivity contribution in [2.45, 2.75) is 25.8 Å². The smallest absolute Gasteiger partial charge is 0.307 e. The molecule has 0 bridgehead atoms. The van der Waals surface area contributed by atoms with Crippen LogP contribution in [-0.4, -0.2) is 35.1 Å². The molecule has 1 fully saturated rings. The van der Waals surface area contributed by atoms with Gasteiger partial charge in [0.15, 0.2) is 0 Å². The average molecular weight is 183 g/mol. The van der Waals surface area contributed by atoms with E-state index in [1.807, 2.05) is 6.08 Å². The van der Waals surface area contributed by atoms with Gasteiger partial charge in [0.05, 0.1) is 5.92 Å². The van der Waals surface area contributed by atoms with Gasteiger partial charge in [0.2, 0.25) is 0 Å². The molecule has 1 saturated heterocycles. The van der Waals surface area contributed by atoms with Gasteiger partial charge in [-0.2, -0.15) is 0 Å². The number of aliphatic carboxylic acids is 1. The Morgan fingerprint density at radius 1 is 1.77 bits per heavy atom. The first-order valence-corrected chi connectivity index (χ1v) is 4.74. The summed E-state index contributed by atoms with van der Waals surface area (Å²) < 4.78 is 0. The van der Waals surface area contributed by atoms with E-state index in [2.05, 4.69) is 18.4 Å². The van der Waals surface area contributed by atoms with Crippen molar-refractivity contribution in [2.75, 3.05) is 13.1 Å². The second-order valence-corrected chi connectivity index (χ2v) is 3.65. The molecule has 2 atom stereocenters. The molecule has 1 aliphatic rings. The lowest BCUT2D eigenvalue weighted by molar-refractivity contribution is -0.143. The minimum atomic E-state index is -0.666. The highest BCUT2D eigenvalue weighted by Crippen LogP contribution is 2.18. The molecule has 74 valence electrons. The van der Waals surface area contributed by atoms with Crippen LogP contribution in [0.2, 0.25) is 0 Å². The highest BCUT2D eigenvalue weighted by Gasteiger charge is 2.26. The molecule has 0 aromatic rings. The molecule has 0 spiro atoms. The Kier molecular flexibility index (Phi) is 3.48. The summed E-state index contributed by atoms with van der Waals surface area (Å²) in [4.78, 5) is 12.9. The van der Waals surface area contributed by atoms with Crippen molar-refractivity contribution in [3.63, 3.8) is 0 Å². The predicted molar refractivity (Wildman–Crippen MR) is 51.6 cm³/mol. The second-order valence-electron chi connectivity index (χ2n) is 3.65. The first kappa shape index (κ1) is 10.3. The summed E-state index contributed by atoms with van der Waals surface area (Å²) in [5.41, 5.74) is 0. The SMILES string of the molecule is C=CC(C)N1CCCC(C(=O)O)C1. The van der Waals surface area contributed by atoms with Crippen LogP contribution in [0.3, 0.4) is 0 Å². The Labute approximate surface area is 79.0 Å². The number of likely N-dealkylation sites (tertiary alicyclic amines) is 1.